The molecular formula is C22H29FN6O3S. The summed E-state index contributed by atoms with van der Waals surface area (Å²) in [5.41, 5.74) is 7.41. The van der Waals surface area contributed by atoms with Gasteiger partial charge in [0.1, 0.15) is 11.9 Å². The molecule has 2 aliphatic heterocycles. The maximum Gasteiger partial charge on any atom is 0.414 e. The second-order valence-electron chi connectivity index (χ2n) is 8.21. The maximum absolute atomic E-state index is 14.9. The van der Waals surface area contributed by atoms with E-state index in [1.54, 1.807) is 18.2 Å². The van der Waals surface area contributed by atoms with Crippen LogP contribution in [0.3, 0.4) is 0 Å². The number of hydrogen-bond acceptors (Lipinski definition) is 7. The third kappa shape index (κ3) is 6.52. The van der Waals surface area contributed by atoms with Crippen LogP contribution < -0.4 is 15.5 Å². The molecule has 0 bridgehead atoms. The molecule has 0 saturated carbocycles. The molecule has 1 aromatic carbocycles. The van der Waals surface area contributed by atoms with Crippen LogP contribution in [0, 0.1) is 17.1 Å². The molecule has 0 spiro atoms. The summed E-state index contributed by atoms with van der Waals surface area (Å²) in [5, 5.41) is 8.78. The number of anilines is 2. The van der Waals surface area contributed by atoms with Gasteiger partial charge in [-0.3, -0.25) is 9.21 Å². The highest BCUT2D eigenvalue weighted by Gasteiger charge is 2.35. The second kappa shape index (κ2) is 11.2. The van der Waals surface area contributed by atoms with Crippen LogP contribution in [0.2, 0.25) is 0 Å². The van der Waals surface area contributed by atoms with E-state index in [-0.39, 0.29) is 13.1 Å². The monoisotopic (exact) mass is 476 g/mol. The number of nitrogens with zero attached hydrogens (tertiary/aromatic N) is 5. The van der Waals surface area contributed by atoms with Crippen molar-refractivity contribution in [2.45, 2.75) is 18.9 Å². The SMILES string of the molecule is CN(C)CCSN(CC1CN(c2ccc(N3CCC(=CC#N)CC3)c(F)c2)C(=O)O1)C(N)=O. The molecule has 2 fully saturated rings. The van der Waals surface area contributed by atoms with Crippen molar-refractivity contribution in [3.05, 3.63) is 35.7 Å². The van der Waals surface area contributed by atoms with E-state index in [2.05, 4.69) is 0 Å². The van der Waals surface area contributed by atoms with Gasteiger partial charge in [-0.05, 0) is 57.1 Å². The van der Waals surface area contributed by atoms with Gasteiger partial charge in [-0.15, -0.1) is 0 Å². The van der Waals surface area contributed by atoms with Crippen molar-refractivity contribution in [1.29, 1.82) is 5.26 Å². The van der Waals surface area contributed by atoms with Crippen LogP contribution in [0.15, 0.2) is 29.8 Å². The summed E-state index contributed by atoms with van der Waals surface area (Å²) in [6, 6.07) is 6.14. The fourth-order valence-corrected chi connectivity index (χ4v) is 4.81. The molecule has 3 amide bonds. The van der Waals surface area contributed by atoms with Crippen LogP contribution in [0.5, 0.6) is 0 Å². The zero-order valence-corrected chi connectivity index (χ0v) is 19.7. The Morgan fingerprint density at radius 1 is 1.39 bits per heavy atom. The summed E-state index contributed by atoms with van der Waals surface area (Å²) in [6.45, 7) is 2.38. The van der Waals surface area contributed by atoms with Gasteiger partial charge in [0.2, 0.25) is 0 Å². The summed E-state index contributed by atoms with van der Waals surface area (Å²) in [4.78, 5) is 29.5. The summed E-state index contributed by atoms with van der Waals surface area (Å²) in [5.74, 6) is 0.242. The first-order valence-electron chi connectivity index (χ1n) is 10.7. The molecule has 0 radical (unpaired) electrons. The van der Waals surface area contributed by atoms with E-state index in [0.29, 0.717) is 30.2 Å². The number of amides is 3. The van der Waals surface area contributed by atoms with Crippen molar-refractivity contribution in [2.24, 2.45) is 5.73 Å². The number of allylic oxidation sites excluding steroid dienone is 1. The van der Waals surface area contributed by atoms with Crippen LogP contribution >= 0.6 is 11.9 Å². The van der Waals surface area contributed by atoms with E-state index in [1.165, 1.54) is 27.2 Å². The van der Waals surface area contributed by atoms with Gasteiger partial charge in [0.05, 0.1) is 30.5 Å². The third-order valence-electron chi connectivity index (χ3n) is 5.53. The number of carbonyl (C=O) groups excluding carboxylic acids is 2. The van der Waals surface area contributed by atoms with Gasteiger partial charge < -0.3 is 20.3 Å². The summed E-state index contributed by atoms with van der Waals surface area (Å²) in [7, 11) is 3.87. The van der Waals surface area contributed by atoms with Gasteiger partial charge in [-0.2, -0.15) is 5.26 Å². The number of nitriles is 1. The normalized spacial score (nSPS) is 18.3. The lowest BCUT2D eigenvalue weighted by Gasteiger charge is -2.30. The molecule has 9 nitrogen and oxygen atoms in total. The Morgan fingerprint density at radius 3 is 2.73 bits per heavy atom. The highest BCUT2D eigenvalue weighted by molar-refractivity contribution is 7.97. The Kier molecular flexibility index (Phi) is 8.41. The average molecular weight is 477 g/mol. The van der Waals surface area contributed by atoms with Crippen molar-refractivity contribution < 1.29 is 18.7 Å². The van der Waals surface area contributed by atoms with Crippen molar-refractivity contribution in [3.63, 3.8) is 0 Å². The molecular weight excluding hydrogens is 447 g/mol. The molecule has 3 rings (SSSR count). The first kappa shape index (κ1) is 24.7. The van der Waals surface area contributed by atoms with Crippen LogP contribution in [0.4, 0.5) is 25.4 Å². The number of benzene rings is 1. The topological polar surface area (TPSA) is 106 Å². The summed E-state index contributed by atoms with van der Waals surface area (Å²) >= 11 is 1.29. The van der Waals surface area contributed by atoms with E-state index in [0.717, 1.165) is 25.0 Å². The minimum absolute atomic E-state index is 0.155. The Hall–Kier alpha value is -2.97. The number of carbonyl (C=O) groups is 2. The fourth-order valence-electron chi connectivity index (χ4n) is 3.74. The first-order chi connectivity index (χ1) is 15.8. The van der Waals surface area contributed by atoms with Crippen LogP contribution in [0.25, 0.3) is 0 Å². The molecule has 0 aromatic heterocycles. The summed E-state index contributed by atoms with van der Waals surface area (Å²) in [6.07, 6.45) is 1.85. The lowest BCUT2D eigenvalue weighted by Crippen LogP contribution is -2.38. The Morgan fingerprint density at radius 2 is 2.12 bits per heavy atom. The zero-order chi connectivity index (χ0) is 24.0. The van der Waals surface area contributed by atoms with E-state index in [9.17, 15) is 14.0 Å². The minimum Gasteiger partial charge on any atom is -0.442 e. The molecule has 2 heterocycles. The lowest BCUT2D eigenvalue weighted by molar-refractivity contribution is 0.132. The Balaban J connectivity index is 1.61. The Labute approximate surface area is 197 Å². The maximum atomic E-state index is 14.9. The quantitative estimate of drug-likeness (QED) is 0.454. The van der Waals surface area contributed by atoms with Gasteiger partial charge in [0, 0.05) is 31.5 Å². The number of ether oxygens (including phenoxy) is 1. The minimum atomic E-state index is -0.599. The number of piperidine rings is 1. The standard InChI is InChI=1S/C22H29FN6O3S/c1-26(2)11-12-33-29(21(25)30)15-18-14-28(22(31)32-18)17-3-4-20(19(23)13-17)27-9-6-16(5-8-24)7-10-27/h3-5,13,18H,6-7,9-12,14-15H2,1-2H3,(H2,25,30). The number of primary amides is 1. The van der Waals surface area contributed by atoms with Crippen molar-refractivity contribution in [2.75, 3.05) is 62.4 Å². The van der Waals surface area contributed by atoms with Crippen molar-refractivity contribution in [3.8, 4) is 6.07 Å². The number of nitrogens with two attached hydrogens (primary N) is 1. The molecule has 0 aliphatic carbocycles. The van der Waals surface area contributed by atoms with Crippen LogP contribution in [-0.2, 0) is 4.74 Å². The number of hydrogen-bond donors (Lipinski definition) is 1. The van der Waals surface area contributed by atoms with Crippen molar-refractivity contribution >= 4 is 35.4 Å². The third-order valence-corrected chi connectivity index (χ3v) is 6.54. The van der Waals surface area contributed by atoms with Gasteiger partial charge in [0.25, 0.3) is 0 Å². The van der Waals surface area contributed by atoms with Crippen LogP contribution in [0.1, 0.15) is 12.8 Å². The number of urea groups is 1. The molecule has 1 unspecified atom stereocenters. The molecule has 2 saturated heterocycles. The van der Waals surface area contributed by atoms with E-state index in [4.69, 9.17) is 15.7 Å². The zero-order valence-electron chi connectivity index (χ0n) is 18.9. The predicted molar refractivity (Wildman–Crippen MR) is 126 cm³/mol. The van der Waals surface area contributed by atoms with Crippen LogP contribution in [-0.4, -0.2) is 80.0 Å². The molecule has 178 valence electrons. The number of rotatable bonds is 8. The molecule has 1 atom stereocenters. The van der Waals surface area contributed by atoms with E-state index >= 15 is 0 Å². The van der Waals surface area contributed by atoms with Gasteiger partial charge in [-0.25, -0.2) is 14.0 Å². The predicted octanol–water partition coefficient (Wildman–Crippen LogP) is 2.79. The molecule has 11 heteroatoms. The van der Waals surface area contributed by atoms with Crippen molar-refractivity contribution in [1.82, 2.24) is 9.21 Å². The van der Waals surface area contributed by atoms with E-state index < -0.39 is 24.0 Å². The molecule has 2 N–H and O–H groups in total. The van der Waals surface area contributed by atoms with Gasteiger partial charge in [0.15, 0.2) is 0 Å². The second-order valence-corrected chi connectivity index (χ2v) is 9.31. The molecule has 33 heavy (non-hydrogen) atoms. The molecule has 1 aromatic rings. The highest BCUT2D eigenvalue weighted by atomic mass is 32.2. The van der Waals surface area contributed by atoms with E-state index in [1.807, 2.05) is 30.0 Å². The average Bonchev–Trinajstić information content (AvgIpc) is 3.13. The number of halogens is 1. The number of cyclic esters (lactones) is 1. The summed E-state index contributed by atoms with van der Waals surface area (Å²) < 4.78 is 21.7. The smallest absolute Gasteiger partial charge is 0.414 e. The van der Waals surface area contributed by atoms with Gasteiger partial charge in [-0.1, -0.05) is 5.57 Å². The largest absolute Gasteiger partial charge is 0.442 e. The van der Waals surface area contributed by atoms with Gasteiger partial charge >= 0.3 is 12.1 Å². The fraction of sp³-hybridized carbons (Fsp3) is 0.500. The Bertz CT molecular complexity index is 941. The first-order valence-corrected chi connectivity index (χ1v) is 11.7. The lowest BCUT2D eigenvalue weighted by atomic mass is 10.0. The highest BCUT2D eigenvalue weighted by Crippen LogP contribution is 2.30. The molecule has 2 aliphatic rings.